The molecular weight excluding hydrogens is 226 g/mol. The van der Waals surface area contributed by atoms with Crippen LogP contribution in [0.5, 0.6) is 0 Å². The first kappa shape index (κ1) is 12.4. The van der Waals surface area contributed by atoms with Crippen LogP contribution in [0.3, 0.4) is 0 Å². The van der Waals surface area contributed by atoms with Crippen LogP contribution in [0.25, 0.3) is 5.69 Å². The predicted molar refractivity (Wildman–Crippen MR) is 70.8 cm³/mol. The van der Waals surface area contributed by atoms with Crippen LogP contribution in [0.4, 0.5) is 0 Å². The summed E-state index contributed by atoms with van der Waals surface area (Å²) in [5, 5.41) is 2.94. The third-order valence-corrected chi connectivity index (χ3v) is 2.40. The largest absolute Gasteiger partial charge is 0.347 e. The van der Waals surface area contributed by atoms with E-state index in [1.165, 1.54) is 0 Å². The molecule has 0 radical (unpaired) electrons. The van der Waals surface area contributed by atoms with Crippen molar-refractivity contribution in [3.8, 4) is 5.69 Å². The maximum absolute atomic E-state index is 12.0. The van der Waals surface area contributed by atoms with E-state index in [-0.39, 0.29) is 11.4 Å². The number of nitrogens with zero attached hydrogens (tertiary/aromatic N) is 2. The maximum Gasteiger partial charge on any atom is 0.251 e. The molecule has 1 amide bonds. The van der Waals surface area contributed by atoms with Crippen molar-refractivity contribution in [2.75, 3.05) is 0 Å². The van der Waals surface area contributed by atoms with Gasteiger partial charge in [-0.15, -0.1) is 0 Å². The summed E-state index contributed by atoms with van der Waals surface area (Å²) in [5.74, 6) is -0.0653. The van der Waals surface area contributed by atoms with Gasteiger partial charge in [-0.2, -0.15) is 0 Å². The summed E-state index contributed by atoms with van der Waals surface area (Å²) in [6.07, 6.45) is 5.27. The number of amides is 1. The Morgan fingerprint density at radius 3 is 2.72 bits per heavy atom. The second-order valence-electron chi connectivity index (χ2n) is 5.22. The fourth-order valence-electron chi connectivity index (χ4n) is 1.63. The molecule has 1 aromatic carbocycles. The van der Waals surface area contributed by atoms with Crippen molar-refractivity contribution in [3.63, 3.8) is 0 Å². The zero-order valence-corrected chi connectivity index (χ0v) is 10.8. The molecule has 1 aromatic heterocycles. The lowest BCUT2D eigenvalue weighted by atomic mass is 10.1. The molecule has 2 rings (SSSR count). The van der Waals surface area contributed by atoms with Crippen molar-refractivity contribution in [3.05, 3.63) is 48.5 Å². The van der Waals surface area contributed by atoms with Gasteiger partial charge in [-0.05, 0) is 39.0 Å². The van der Waals surface area contributed by atoms with E-state index in [0.717, 1.165) is 5.69 Å². The van der Waals surface area contributed by atoms with E-state index in [1.54, 1.807) is 12.5 Å². The molecule has 0 atom stereocenters. The first-order valence-electron chi connectivity index (χ1n) is 5.87. The molecule has 0 bridgehead atoms. The average Bonchev–Trinajstić information content (AvgIpc) is 2.80. The number of carbonyl (C=O) groups is 1. The van der Waals surface area contributed by atoms with Crippen LogP contribution in [0.2, 0.25) is 0 Å². The van der Waals surface area contributed by atoms with Crippen molar-refractivity contribution < 1.29 is 4.79 Å². The molecule has 0 saturated heterocycles. The topological polar surface area (TPSA) is 46.9 Å². The highest BCUT2D eigenvalue weighted by Crippen LogP contribution is 2.11. The molecule has 4 nitrogen and oxygen atoms in total. The second kappa shape index (κ2) is 4.64. The molecule has 0 fully saturated rings. The molecule has 1 N–H and O–H groups in total. The molecule has 0 saturated carbocycles. The first-order valence-corrected chi connectivity index (χ1v) is 5.87. The van der Waals surface area contributed by atoms with Crippen molar-refractivity contribution in [1.29, 1.82) is 0 Å². The van der Waals surface area contributed by atoms with Crippen molar-refractivity contribution in [2.45, 2.75) is 26.3 Å². The molecule has 1 heterocycles. The monoisotopic (exact) mass is 243 g/mol. The molecule has 94 valence electrons. The standard InChI is InChI=1S/C14H17N3O/c1-14(2,3)16-13(18)11-5-4-6-12(9-11)17-8-7-15-10-17/h4-10H,1-3H3,(H,16,18). The number of hydrogen-bond donors (Lipinski definition) is 1. The molecule has 4 heteroatoms. The highest BCUT2D eigenvalue weighted by atomic mass is 16.1. The van der Waals surface area contributed by atoms with Gasteiger partial charge >= 0.3 is 0 Å². The minimum absolute atomic E-state index is 0.0653. The summed E-state index contributed by atoms with van der Waals surface area (Å²) in [6, 6.07) is 7.46. The minimum Gasteiger partial charge on any atom is -0.347 e. The summed E-state index contributed by atoms with van der Waals surface area (Å²) in [6.45, 7) is 5.89. The summed E-state index contributed by atoms with van der Waals surface area (Å²) >= 11 is 0. The molecule has 2 aromatic rings. The molecule has 0 aliphatic heterocycles. The normalized spacial score (nSPS) is 11.3. The molecular formula is C14H17N3O. The third kappa shape index (κ3) is 2.97. The van der Waals surface area contributed by atoms with Gasteiger partial charge in [0.15, 0.2) is 0 Å². The van der Waals surface area contributed by atoms with Crippen LogP contribution in [-0.2, 0) is 0 Å². The third-order valence-electron chi connectivity index (χ3n) is 2.40. The number of aromatic nitrogens is 2. The van der Waals surface area contributed by atoms with Crippen LogP contribution in [0, 0.1) is 0 Å². The van der Waals surface area contributed by atoms with Crippen molar-refractivity contribution in [2.24, 2.45) is 0 Å². The summed E-state index contributed by atoms with van der Waals surface area (Å²) in [7, 11) is 0. The van der Waals surface area contributed by atoms with Gasteiger partial charge in [0.2, 0.25) is 0 Å². The second-order valence-corrected chi connectivity index (χ2v) is 5.22. The summed E-state index contributed by atoms with van der Waals surface area (Å²) in [4.78, 5) is 16.0. The quantitative estimate of drug-likeness (QED) is 0.880. The number of hydrogen-bond acceptors (Lipinski definition) is 2. The Kier molecular flexibility index (Phi) is 3.19. The van der Waals surface area contributed by atoms with Crippen LogP contribution in [-0.4, -0.2) is 21.0 Å². The highest BCUT2D eigenvalue weighted by molar-refractivity contribution is 5.95. The fourth-order valence-corrected chi connectivity index (χ4v) is 1.63. The Bertz CT molecular complexity index is 538. The number of rotatable bonds is 2. The highest BCUT2D eigenvalue weighted by Gasteiger charge is 2.15. The number of imidazole rings is 1. The van der Waals surface area contributed by atoms with Gasteiger partial charge in [-0.25, -0.2) is 4.98 Å². The van der Waals surface area contributed by atoms with Crippen LogP contribution >= 0.6 is 0 Å². The Balaban J connectivity index is 2.25. The Labute approximate surface area is 107 Å². The predicted octanol–water partition coefficient (Wildman–Crippen LogP) is 2.40. The fraction of sp³-hybridized carbons (Fsp3) is 0.286. The van der Waals surface area contributed by atoms with Gasteiger partial charge in [0, 0.05) is 29.2 Å². The van der Waals surface area contributed by atoms with E-state index >= 15 is 0 Å². The number of nitrogens with one attached hydrogen (secondary N) is 1. The van der Waals surface area contributed by atoms with E-state index < -0.39 is 0 Å². The summed E-state index contributed by atoms with van der Waals surface area (Å²) in [5.41, 5.74) is 1.34. The number of benzene rings is 1. The van der Waals surface area contributed by atoms with Crippen LogP contribution in [0.15, 0.2) is 43.0 Å². The van der Waals surface area contributed by atoms with Crippen molar-refractivity contribution in [1.82, 2.24) is 14.9 Å². The first-order chi connectivity index (χ1) is 8.46. The average molecular weight is 243 g/mol. The molecule has 0 aliphatic carbocycles. The lowest BCUT2D eigenvalue weighted by Crippen LogP contribution is -2.40. The SMILES string of the molecule is CC(C)(C)NC(=O)c1cccc(-n2ccnc2)c1. The minimum atomic E-state index is -0.234. The zero-order chi connectivity index (χ0) is 13.2. The molecule has 0 aliphatic rings. The van der Waals surface area contributed by atoms with Gasteiger partial charge in [0.25, 0.3) is 5.91 Å². The zero-order valence-electron chi connectivity index (χ0n) is 10.8. The smallest absolute Gasteiger partial charge is 0.251 e. The van der Waals surface area contributed by atoms with Gasteiger partial charge in [0.1, 0.15) is 0 Å². The lowest BCUT2D eigenvalue weighted by molar-refractivity contribution is 0.0919. The van der Waals surface area contributed by atoms with E-state index in [0.29, 0.717) is 5.56 Å². The lowest BCUT2D eigenvalue weighted by Gasteiger charge is -2.20. The van der Waals surface area contributed by atoms with Gasteiger partial charge < -0.3 is 9.88 Å². The van der Waals surface area contributed by atoms with E-state index in [4.69, 9.17) is 0 Å². The maximum atomic E-state index is 12.0. The molecule has 0 unspecified atom stereocenters. The van der Waals surface area contributed by atoms with E-state index in [2.05, 4.69) is 10.3 Å². The van der Waals surface area contributed by atoms with Crippen LogP contribution < -0.4 is 5.32 Å². The van der Waals surface area contributed by atoms with Crippen molar-refractivity contribution >= 4 is 5.91 Å². The van der Waals surface area contributed by atoms with Gasteiger partial charge in [-0.3, -0.25) is 4.79 Å². The Morgan fingerprint density at radius 1 is 1.33 bits per heavy atom. The molecule has 18 heavy (non-hydrogen) atoms. The van der Waals surface area contributed by atoms with E-state index in [1.807, 2.05) is 55.8 Å². The Hall–Kier alpha value is -2.10. The van der Waals surface area contributed by atoms with E-state index in [9.17, 15) is 4.79 Å². The van der Waals surface area contributed by atoms with Gasteiger partial charge in [-0.1, -0.05) is 6.07 Å². The van der Waals surface area contributed by atoms with Crippen LogP contribution in [0.1, 0.15) is 31.1 Å². The number of carbonyl (C=O) groups excluding carboxylic acids is 1. The summed E-state index contributed by atoms with van der Waals surface area (Å²) < 4.78 is 1.87. The Morgan fingerprint density at radius 2 is 2.11 bits per heavy atom. The van der Waals surface area contributed by atoms with Gasteiger partial charge in [0.05, 0.1) is 6.33 Å². The molecule has 0 spiro atoms.